The second-order valence-corrected chi connectivity index (χ2v) is 6.04. The summed E-state index contributed by atoms with van der Waals surface area (Å²) in [6, 6.07) is 0. The summed E-state index contributed by atoms with van der Waals surface area (Å²) in [4.78, 5) is 4.74. The first-order valence-corrected chi connectivity index (χ1v) is 7.54. The lowest BCUT2D eigenvalue weighted by Gasteiger charge is -2.32. The highest BCUT2D eigenvalue weighted by Crippen LogP contribution is 2.26. The van der Waals surface area contributed by atoms with Gasteiger partial charge in [0.25, 0.3) is 0 Å². The lowest BCUT2D eigenvalue weighted by Crippen LogP contribution is -2.36. The van der Waals surface area contributed by atoms with E-state index in [1.807, 2.05) is 18.7 Å². The molecular weight excluding hydrogens is 260 g/mol. The summed E-state index contributed by atoms with van der Waals surface area (Å²) in [6.07, 6.45) is 2.57. The molecule has 4 nitrogen and oxygen atoms in total. The minimum atomic E-state index is 0.534. The zero-order chi connectivity index (χ0) is 14.0. The minimum absolute atomic E-state index is 0.534. The minimum Gasteiger partial charge on any atom is -0.359 e. The van der Waals surface area contributed by atoms with Gasteiger partial charge in [-0.25, -0.2) is 0 Å². The van der Waals surface area contributed by atoms with Crippen LogP contribution in [0.3, 0.4) is 0 Å². The average Bonchev–Trinajstić information content (AvgIpc) is 2.66. The lowest BCUT2D eigenvalue weighted by atomic mass is 9.96. The molecule has 0 spiro atoms. The van der Waals surface area contributed by atoms with E-state index in [9.17, 15) is 0 Å². The van der Waals surface area contributed by atoms with Crippen LogP contribution in [-0.4, -0.2) is 48.4 Å². The standard InChI is InChI=1S/C14H25ClN4/c1-11-13(9-15)14(19(4)16-11)18(3)10-12-5-7-17(2)8-6-12/h12H,5-10H2,1-4H3. The fourth-order valence-corrected chi connectivity index (χ4v) is 3.36. The Balaban J connectivity index is 2.05. The second kappa shape index (κ2) is 6.14. The molecule has 1 saturated heterocycles. The van der Waals surface area contributed by atoms with Crippen molar-refractivity contribution >= 4 is 17.4 Å². The highest BCUT2D eigenvalue weighted by atomic mass is 35.5. The van der Waals surface area contributed by atoms with E-state index in [0.717, 1.165) is 18.2 Å². The summed E-state index contributed by atoms with van der Waals surface area (Å²) < 4.78 is 1.96. The lowest BCUT2D eigenvalue weighted by molar-refractivity contribution is 0.222. The molecule has 19 heavy (non-hydrogen) atoms. The number of anilines is 1. The molecule has 1 fully saturated rings. The predicted molar refractivity (Wildman–Crippen MR) is 81.0 cm³/mol. The maximum Gasteiger partial charge on any atom is 0.130 e. The van der Waals surface area contributed by atoms with Crippen molar-refractivity contribution in [1.29, 1.82) is 0 Å². The van der Waals surface area contributed by atoms with Gasteiger partial charge < -0.3 is 9.80 Å². The summed E-state index contributed by atoms with van der Waals surface area (Å²) in [6.45, 7) is 5.55. The molecule has 1 aliphatic heterocycles. The number of nitrogens with zero attached hydrogens (tertiary/aromatic N) is 4. The van der Waals surface area contributed by atoms with E-state index in [0.29, 0.717) is 5.88 Å². The second-order valence-electron chi connectivity index (χ2n) is 5.77. The maximum atomic E-state index is 6.07. The first-order valence-electron chi connectivity index (χ1n) is 7.01. The van der Waals surface area contributed by atoms with E-state index in [1.165, 1.54) is 37.3 Å². The van der Waals surface area contributed by atoms with Gasteiger partial charge in [-0.15, -0.1) is 11.6 Å². The quantitative estimate of drug-likeness (QED) is 0.793. The summed E-state index contributed by atoms with van der Waals surface area (Å²) in [5, 5.41) is 4.49. The molecule has 0 bridgehead atoms. The molecule has 0 amide bonds. The monoisotopic (exact) mass is 284 g/mol. The van der Waals surface area contributed by atoms with Crippen molar-refractivity contribution in [1.82, 2.24) is 14.7 Å². The first-order chi connectivity index (χ1) is 9.02. The van der Waals surface area contributed by atoms with Gasteiger partial charge in [0, 0.05) is 26.2 Å². The van der Waals surface area contributed by atoms with Crippen LogP contribution in [0.5, 0.6) is 0 Å². The van der Waals surface area contributed by atoms with Gasteiger partial charge in [-0.1, -0.05) is 0 Å². The Bertz CT molecular complexity index is 421. The fourth-order valence-electron chi connectivity index (χ4n) is 3.04. The molecule has 0 radical (unpaired) electrons. The number of halogens is 1. The molecule has 1 aromatic heterocycles. The SMILES string of the molecule is Cc1nn(C)c(N(C)CC2CCN(C)CC2)c1CCl. The summed E-state index contributed by atoms with van der Waals surface area (Å²) in [5.74, 6) is 2.48. The Morgan fingerprint density at radius 3 is 2.53 bits per heavy atom. The molecule has 0 aliphatic carbocycles. The Hall–Kier alpha value is -0.740. The van der Waals surface area contributed by atoms with Gasteiger partial charge in [0.1, 0.15) is 5.82 Å². The topological polar surface area (TPSA) is 24.3 Å². The zero-order valence-electron chi connectivity index (χ0n) is 12.5. The fraction of sp³-hybridized carbons (Fsp3) is 0.786. The third-order valence-electron chi connectivity index (χ3n) is 4.18. The molecule has 1 aromatic rings. The predicted octanol–water partition coefficient (Wildman–Crippen LogP) is 2.25. The van der Waals surface area contributed by atoms with Crippen LogP contribution in [0.15, 0.2) is 0 Å². The van der Waals surface area contributed by atoms with Crippen molar-refractivity contribution in [3.05, 3.63) is 11.3 Å². The van der Waals surface area contributed by atoms with Gasteiger partial charge in [-0.2, -0.15) is 5.10 Å². The number of likely N-dealkylation sites (tertiary alicyclic amines) is 1. The average molecular weight is 285 g/mol. The van der Waals surface area contributed by atoms with E-state index < -0.39 is 0 Å². The van der Waals surface area contributed by atoms with Gasteiger partial charge in [0.2, 0.25) is 0 Å². The molecule has 0 N–H and O–H groups in total. The van der Waals surface area contributed by atoms with Crippen molar-refractivity contribution < 1.29 is 0 Å². The Morgan fingerprint density at radius 2 is 1.95 bits per heavy atom. The molecule has 1 aliphatic rings. The van der Waals surface area contributed by atoms with Crippen molar-refractivity contribution in [3.63, 3.8) is 0 Å². The van der Waals surface area contributed by atoms with E-state index in [4.69, 9.17) is 11.6 Å². The molecular formula is C14H25ClN4. The molecule has 0 unspecified atom stereocenters. The number of hydrogen-bond acceptors (Lipinski definition) is 3. The Kier molecular flexibility index (Phi) is 4.74. The number of piperidine rings is 1. The van der Waals surface area contributed by atoms with Gasteiger partial charge >= 0.3 is 0 Å². The summed E-state index contributed by atoms with van der Waals surface area (Å²) in [7, 11) is 6.37. The maximum absolute atomic E-state index is 6.07. The Labute approximate surface area is 121 Å². The number of hydrogen-bond donors (Lipinski definition) is 0. The summed E-state index contributed by atoms with van der Waals surface area (Å²) in [5.41, 5.74) is 2.21. The van der Waals surface area contributed by atoms with Crippen LogP contribution in [0.1, 0.15) is 24.1 Å². The highest BCUT2D eigenvalue weighted by Gasteiger charge is 2.21. The van der Waals surface area contributed by atoms with Crippen LogP contribution in [0.2, 0.25) is 0 Å². The van der Waals surface area contributed by atoms with E-state index >= 15 is 0 Å². The number of alkyl halides is 1. The van der Waals surface area contributed by atoms with Crippen LogP contribution >= 0.6 is 11.6 Å². The smallest absolute Gasteiger partial charge is 0.130 e. The number of aryl methyl sites for hydroxylation is 2. The largest absolute Gasteiger partial charge is 0.359 e. The third kappa shape index (κ3) is 3.23. The van der Waals surface area contributed by atoms with Crippen molar-refractivity contribution in [3.8, 4) is 0 Å². The van der Waals surface area contributed by atoms with E-state index in [1.54, 1.807) is 0 Å². The normalized spacial score (nSPS) is 17.9. The molecule has 2 rings (SSSR count). The van der Waals surface area contributed by atoms with E-state index in [2.05, 4.69) is 29.0 Å². The van der Waals surface area contributed by atoms with Crippen molar-refractivity contribution in [2.45, 2.75) is 25.6 Å². The van der Waals surface area contributed by atoms with Crippen molar-refractivity contribution in [2.24, 2.45) is 13.0 Å². The molecule has 0 aromatic carbocycles. The molecule has 108 valence electrons. The van der Waals surface area contributed by atoms with Crippen LogP contribution < -0.4 is 4.90 Å². The molecule has 2 heterocycles. The van der Waals surface area contributed by atoms with Crippen LogP contribution in [0.4, 0.5) is 5.82 Å². The first kappa shape index (κ1) is 14.7. The number of rotatable bonds is 4. The molecule has 0 saturated carbocycles. The van der Waals surface area contributed by atoms with Crippen LogP contribution in [0, 0.1) is 12.8 Å². The number of aromatic nitrogens is 2. The van der Waals surface area contributed by atoms with Crippen LogP contribution in [0.25, 0.3) is 0 Å². The molecule has 0 atom stereocenters. The van der Waals surface area contributed by atoms with E-state index in [-0.39, 0.29) is 0 Å². The van der Waals surface area contributed by atoms with Gasteiger partial charge in [-0.05, 0) is 45.8 Å². The zero-order valence-corrected chi connectivity index (χ0v) is 13.2. The third-order valence-corrected chi connectivity index (χ3v) is 4.45. The highest BCUT2D eigenvalue weighted by molar-refractivity contribution is 6.17. The van der Waals surface area contributed by atoms with Gasteiger partial charge in [0.05, 0.1) is 11.6 Å². The van der Waals surface area contributed by atoms with Gasteiger partial charge in [-0.3, -0.25) is 4.68 Å². The van der Waals surface area contributed by atoms with Crippen LogP contribution in [-0.2, 0) is 12.9 Å². The summed E-state index contributed by atoms with van der Waals surface area (Å²) >= 11 is 6.07. The molecule has 5 heteroatoms. The Morgan fingerprint density at radius 1 is 1.32 bits per heavy atom. The van der Waals surface area contributed by atoms with Gasteiger partial charge in [0.15, 0.2) is 0 Å². The van der Waals surface area contributed by atoms with Crippen molar-refractivity contribution in [2.75, 3.05) is 38.6 Å².